The Kier molecular flexibility index (Phi) is 5.78. The molecule has 0 saturated carbocycles. The molecule has 7 nitrogen and oxygen atoms in total. The number of carbonyl (C=O) groups is 3. The first-order valence-electron chi connectivity index (χ1n) is 13.0. The first-order valence-corrected chi connectivity index (χ1v) is 13.0. The first-order chi connectivity index (χ1) is 18.6. The van der Waals surface area contributed by atoms with Crippen LogP contribution in [0.4, 0.5) is 20.3 Å². The number of carbonyl (C=O) groups excluding carboxylic acids is 3. The third-order valence-electron chi connectivity index (χ3n) is 8.37. The zero-order chi connectivity index (χ0) is 27.5. The molecule has 1 aliphatic carbocycles. The average molecular weight is 531 g/mol. The molecule has 1 unspecified atom stereocenters. The van der Waals surface area contributed by atoms with Gasteiger partial charge in [0.25, 0.3) is 0 Å². The quantitative estimate of drug-likeness (QED) is 0.513. The van der Waals surface area contributed by atoms with E-state index in [2.05, 4.69) is 15.6 Å². The lowest BCUT2D eigenvalue weighted by Crippen LogP contribution is -2.50. The third-order valence-corrected chi connectivity index (χ3v) is 8.37. The zero-order valence-electron chi connectivity index (χ0n) is 21.7. The lowest BCUT2D eigenvalue weighted by atomic mass is 9.78. The summed E-state index contributed by atoms with van der Waals surface area (Å²) < 4.78 is 27.6. The molecule has 1 fully saturated rings. The Labute approximate surface area is 224 Å². The third kappa shape index (κ3) is 4.16. The largest absolute Gasteiger partial charge is 0.326 e. The van der Waals surface area contributed by atoms with E-state index in [1.54, 1.807) is 12.3 Å². The Morgan fingerprint density at radius 2 is 1.87 bits per heavy atom. The molecule has 3 aromatic rings. The normalized spacial score (nSPS) is 23.0. The van der Waals surface area contributed by atoms with Gasteiger partial charge < -0.3 is 15.5 Å². The molecule has 200 valence electrons. The minimum absolute atomic E-state index is 0.0764. The van der Waals surface area contributed by atoms with Crippen molar-refractivity contribution in [2.75, 3.05) is 17.2 Å². The average Bonchev–Trinajstić information content (AvgIpc) is 3.41. The van der Waals surface area contributed by atoms with E-state index in [1.165, 1.54) is 11.0 Å². The van der Waals surface area contributed by atoms with Gasteiger partial charge in [0.2, 0.25) is 17.7 Å². The minimum atomic E-state index is -0.987. The summed E-state index contributed by atoms with van der Waals surface area (Å²) >= 11 is 0. The van der Waals surface area contributed by atoms with Crippen molar-refractivity contribution >= 4 is 29.2 Å². The summed E-state index contributed by atoms with van der Waals surface area (Å²) in [6.07, 6.45) is 3.78. The number of likely N-dealkylation sites (tertiary alicyclic amines) is 1. The molecule has 1 saturated heterocycles. The van der Waals surface area contributed by atoms with Gasteiger partial charge in [0, 0.05) is 22.9 Å². The maximum atomic E-state index is 14.0. The van der Waals surface area contributed by atoms with Gasteiger partial charge in [-0.3, -0.25) is 14.4 Å². The van der Waals surface area contributed by atoms with Crippen molar-refractivity contribution in [1.29, 1.82) is 0 Å². The van der Waals surface area contributed by atoms with Crippen LogP contribution in [0.1, 0.15) is 55.0 Å². The second kappa shape index (κ2) is 8.97. The predicted octanol–water partition coefficient (Wildman–Crippen LogP) is 4.68. The van der Waals surface area contributed by atoms with Crippen LogP contribution in [0.25, 0.3) is 0 Å². The van der Waals surface area contributed by atoms with Gasteiger partial charge in [-0.15, -0.1) is 0 Å². The molecule has 2 aromatic carbocycles. The number of benzene rings is 2. The Morgan fingerprint density at radius 1 is 1.08 bits per heavy atom. The molecule has 0 radical (unpaired) electrons. The topological polar surface area (TPSA) is 91.4 Å². The van der Waals surface area contributed by atoms with Gasteiger partial charge in [-0.05, 0) is 72.7 Å². The highest BCUT2D eigenvalue weighted by Crippen LogP contribution is 2.47. The molecule has 9 heteroatoms. The molecule has 3 aliphatic rings. The Morgan fingerprint density at radius 3 is 2.67 bits per heavy atom. The molecule has 3 amide bonds. The number of fused-ring (bicyclic) bond motifs is 3. The summed E-state index contributed by atoms with van der Waals surface area (Å²) in [5.41, 5.74) is 2.51. The number of aromatic nitrogens is 1. The Bertz CT molecular complexity index is 1540. The summed E-state index contributed by atoms with van der Waals surface area (Å²) in [7, 11) is 0. The van der Waals surface area contributed by atoms with Crippen LogP contribution in [0, 0.1) is 17.0 Å². The van der Waals surface area contributed by atoms with E-state index in [9.17, 15) is 23.2 Å². The van der Waals surface area contributed by atoms with E-state index in [4.69, 9.17) is 0 Å². The predicted molar refractivity (Wildman–Crippen MR) is 141 cm³/mol. The van der Waals surface area contributed by atoms with Crippen LogP contribution >= 0.6 is 0 Å². The van der Waals surface area contributed by atoms with E-state index < -0.39 is 34.4 Å². The number of nitrogens with zero attached hydrogens (tertiary/aromatic N) is 2. The van der Waals surface area contributed by atoms with Crippen LogP contribution in [-0.2, 0) is 32.6 Å². The molecule has 2 N–H and O–H groups in total. The number of hydrogen-bond donors (Lipinski definition) is 2. The fourth-order valence-electron chi connectivity index (χ4n) is 6.24. The second-order valence-electron chi connectivity index (χ2n) is 11.4. The molecule has 1 spiro atoms. The van der Waals surface area contributed by atoms with Gasteiger partial charge in [0.05, 0.1) is 11.5 Å². The monoisotopic (exact) mass is 530 g/mol. The van der Waals surface area contributed by atoms with E-state index in [1.807, 2.05) is 38.1 Å². The number of amides is 3. The summed E-state index contributed by atoms with van der Waals surface area (Å²) in [6.45, 7) is 3.42. The van der Waals surface area contributed by atoms with Crippen molar-refractivity contribution in [3.05, 3.63) is 88.6 Å². The maximum Gasteiger partial charge on any atom is 0.244 e. The van der Waals surface area contributed by atoms with Gasteiger partial charge in [-0.1, -0.05) is 32.0 Å². The van der Waals surface area contributed by atoms with E-state index in [-0.39, 0.29) is 18.4 Å². The zero-order valence-corrected chi connectivity index (χ0v) is 21.7. The van der Waals surface area contributed by atoms with Gasteiger partial charge in [-0.25, -0.2) is 13.8 Å². The standard InChI is InChI=1S/C30H28F2N4O3/c1-29(2)10-9-24(17-6-8-22(31)23(32)13-17)36(28(29)39)16-25(37)34-20-7-5-18-14-30(15-19(18)12-20)21-4-3-11-33-26(21)35-27(30)38/h3-8,11-13,24H,9-10,14-16H2,1-2H3,(H,34,37)(H,33,35,38)/t24-,30?/m0/s1. The highest BCUT2D eigenvalue weighted by atomic mass is 19.2. The number of piperidine rings is 1. The number of nitrogens with one attached hydrogen (secondary N) is 2. The molecule has 0 bridgehead atoms. The number of anilines is 2. The number of pyridine rings is 1. The highest BCUT2D eigenvalue weighted by Gasteiger charge is 2.51. The van der Waals surface area contributed by atoms with Gasteiger partial charge >= 0.3 is 0 Å². The maximum absolute atomic E-state index is 14.0. The molecule has 3 heterocycles. The smallest absolute Gasteiger partial charge is 0.244 e. The summed E-state index contributed by atoms with van der Waals surface area (Å²) in [5, 5.41) is 5.78. The molecule has 6 rings (SSSR count). The van der Waals surface area contributed by atoms with Crippen molar-refractivity contribution in [1.82, 2.24) is 9.88 Å². The molecule has 2 aliphatic heterocycles. The summed E-state index contributed by atoms with van der Waals surface area (Å²) in [6, 6.07) is 12.4. The minimum Gasteiger partial charge on any atom is -0.326 e. The second-order valence-corrected chi connectivity index (χ2v) is 11.4. The fraction of sp³-hybridized carbons (Fsp3) is 0.333. The first kappa shape index (κ1) is 25.2. The lowest BCUT2D eigenvalue weighted by Gasteiger charge is -2.43. The van der Waals surface area contributed by atoms with Crippen LogP contribution in [0.5, 0.6) is 0 Å². The highest BCUT2D eigenvalue weighted by molar-refractivity contribution is 6.06. The van der Waals surface area contributed by atoms with Gasteiger partial charge in [0.15, 0.2) is 11.6 Å². The Balaban J connectivity index is 1.21. The lowest BCUT2D eigenvalue weighted by molar-refractivity contribution is -0.150. The molecular weight excluding hydrogens is 502 g/mol. The number of rotatable bonds is 4. The van der Waals surface area contributed by atoms with Crippen LogP contribution in [0.15, 0.2) is 54.7 Å². The van der Waals surface area contributed by atoms with Gasteiger partial charge in [0.1, 0.15) is 12.4 Å². The van der Waals surface area contributed by atoms with Crippen LogP contribution in [-0.4, -0.2) is 34.2 Å². The van der Waals surface area contributed by atoms with E-state index in [0.29, 0.717) is 42.8 Å². The van der Waals surface area contributed by atoms with Crippen molar-refractivity contribution in [2.45, 2.75) is 51.0 Å². The van der Waals surface area contributed by atoms with Crippen LogP contribution in [0.3, 0.4) is 0 Å². The fourth-order valence-corrected chi connectivity index (χ4v) is 6.24. The van der Waals surface area contributed by atoms with Crippen molar-refractivity contribution < 1.29 is 23.2 Å². The molecule has 2 atom stereocenters. The molecular formula is C30H28F2N4O3. The van der Waals surface area contributed by atoms with Crippen molar-refractivity contribution in [2.24, 2.45) is 5.41 Å². The summed E-state index contributed by atoms with van der Waals surface area (Å²) in [4.78, 5) is 45.3. The molecule has 1 aromatic heterocycles. The van der Waals surface area contributed by atoms with E-state index >= 15 is 0 Å². The number of halogens is 2. The Hall–Kier alpha value is -4.14. The molecule has 39 heavy (non-hydrogen) atoms. The summed E-state index contributed by atoms with van der Waals surface area (Å²) in [5.74, 6) is -2.04. The van der Waals surface area contributed by atoms with Gasteiger partial charge in [-0.2, -0.15) is 0 Å². The van der Waals surface area contributed by atoms with Crippen molar-refractivity contribution in [3.63, 3.8) is 0 Å². The van der Waals surface area contributed by atoms with Crippen molar-refractivity contribution in [3.8, 4) is 0 Å². The van der Waals surface area contributed by atoms with E-state index in [0.717, 1.165) is 28.8 Å². The number of hydrogen-bond acceptors (Lipinski definition) is 4. The SMILES string of the molecule is CC1(C)CC[C@@H](c2ccc(F)c(F)c2)N(CC(=O)Nc2ccc3c(c2)CC2(C3)C(=O)Nc3ncccc32)C1=O. The van der Waals surface area contributed by atoms with Crippen LogP contribution < -0.4 is 10.6 Å². The van der Waals surface area contributed by atoms with Crippen LogP contribution in [0.2, 0.25) is 0 Å².